The van der Waals surface area contributed by atoms with Gasteiger partial charge >= 0.3 is 5.51 Å². The van der Waals surface area contributed by atoms with Crippen molar-refractivity contribution < 1.29 is 22.7 Å². The molecule has 106 valence electrons. The van der Waals surface area contributed by atoms with Gasteiger partial charge in [-0.05, 0) is 30.8 Å². The van der Waals surface area contributed by atoms with E-state index in [1.165, 1.54) is 12.1 Å². The average molecular weight is 313 g/mol. The van der Waals surface area contributed by atoms with E-state index in [1.807, 2.05) is 0 Å². The van der Waals surface area contributed by atoms with Crippen molar-refractivity contribution >= 4 is 29.1 Å². The molecule has 7 heteroatoms. The lowest BCUT2D eigenvalue weighted by Gasteiger charge is -2.15. The number of benzene rings is 1. The molecule has 0 spiro atoms. The van der Waals surface area contributed by atoms with Crippen molar-refractivity contribution in [2.75, 3.05) is 12.5 Å². The minimum absolute atomic E-state index is 0.0306. The number of Topliss-reactive ketones (excluding diaryl/α,β-unsaturated/α-hetero) is 1. The van der Waals surface area contributed by atoms with Gasteiger partial charge in [0.2, 0.25) is 0 Å². The van der Waals surface area contributed by atoms with Crippen LogP contribution in [0.4, 0.5) is 13.2 Å². The first-order chi connectivity index (χ1) is 8.87. The molecule has 0 aliphatic heterocycles. The van der Waals surface area contributed by atoms with E-state index in [1.54, 1.807) is 13.0 Å². The number of ketones is 1. The van der Waals surface area contributed by atoms with Crippen molar-refractivity contribution in [2.45, 2.75) is 23.7 Å². The first kappa shape index (κ1) is 16.2. The number of hydrogen-bond acceptors (Lipinski definition) is 3. The van der Waals surface area contributed by atoms with Gasteiger partial charge in [-0.15, -0.1) is 11.6 Å². The highest BCUT2D eigenvalue weighted by Gasteiger charge is 2.31. The van der Waals surface area contributed by atoms with E-state index < -0.39 is 5.51 Å². The van der Waals surface area contributed by atoms with Crippen LogP contribution in [0.2, 0.25) is 0 Å². The smallest absolute Gasteiger partial charge is 0.446 e. The van der Waals surface area contributed by atoms with Crippen LogP contribution in [0, 0.1) is 0 Å². The maximum atomic E-state index is 12.5. The molecule has 0 saturated heterocycles. The second-order valence-electron chi connectivity index (χ2n) is 3.56. The maximum absolute atomic E-state index is 12.5. The molecule has 19 heavy (non-hydrogen) atoms. The summed E-state index contributed by atoms with van der Waals surface area (Å²) in [4.78, 5) is 11.3. The van der Waals surface area contributed by atoms with Gasteiger partial charge < -0.3 is 4.74 Å². The molecule has 0 radical (unpaired) electrons. The minimum atomic E-state index is -4.41. The molecule has 0 amide bonds. The normalized spacial score (nSPS) is 11.4. The summed E-state index contributed by atoms with van der Waals surface area (Å²) in [5.41, 5.74) is -4.18. The van der Waals surface area contributed by atoms with Crippen molar-refractivity contribution in [2.24, 2.45) is 0 Å². The second-order valence-corrected chi connectivity index (χ2v) is 4.94. The number of carbonyl (C=O) groups excluding carboxylic acids is 1. The Morgan fingerprint density at radius 3 is 2.63 bits per heavy atom. The molecule has 0 aliphatic rings. The molecule has 1 aromatic carbocycles. The number of alkyl halides is 4. The highest BCUT2D eigenvalue weighted by atomic mass is 35.5. The van der Waals surface area contributed by atoms with Crippen LogP contribution < -0.4 is 4.74 Å². The van der Waals surface area contributed by atoms with Crippen LogP contribution in [0.25, 0.3) is 0 Å². The number of rotatable bonds is 6. The topological polar surface area (TPSA) is 26.3 Å². The lowest BCUT2D eigenvalue weighted by Crippen LogP contribution is -2.09. The zero-order chi connectivity index (χ0) is 14.5. The van der Waals surface area contributed by atoms with Gasteiger partial charge in [0.1, 0.15) is 5.75 Å². The summed E-state index contributed by atoms with van der Waals surface area (Å²) in [7, 11) is 0. The monoisotopic (exact) mass is 312 g/mol. The SMILES string of the molecule is CCOc1cccc(SC(F)(F)F)c1CC(=O)CCl. The molecule has 0 unspecified atom stereocenters. The molecule has 0 aromatic heterocycles. The molecule has 0 fully saturated rings. The predicted molar refractivity (Wildman–Crippen MR) is 69.0 cm³/mol. The Bertz CT molecular complexity index is 449. The van der Waals surface area contributed by atoms with Crippen molar-refractivity contribution in [3.05, 3.63) is 23.8 Å². The lowest BCUT2D eigenvalue weighted by atomic mass is 10.1. The van der Waals surface area contributed by atoms with Gasteiger partial charge in [-0.3, -0.25) is 4.79 Å². The molecule has 0 heterocycles. The van der Waals surface area contributed by atoms with E-state index >= 15 is 0 Å². The number of halogens is 4. The summed E-state index contributed by atoms with van der Waals surface area (Å²) < 4.78 is 42.7. The van der Waals surface area contributed by atoms with Crippen molar-refractivity contribution in [3.8, 4) is 5.75 Å². The molecule has 1 aromatic rings. The standard InChI is InChI=1S/C12H12ClF3O2S/c1-2-18-10-4-3-5-11(19-12(14,15)16)9(10)6-8(17)7-13/h3-5H,2,6-7H2,1H3. The largest absolute Gasteiger partial charge is 0.494 e. The number of ether oxygens (including phenoxy) is 1. The quantitative estimate of drug-likeness (QED) is 0.585. The Morgan fingerprint density at radius 2 is 2.11 bits per heavy atom. The van der Waals surface area contributed by atoms with Gasteiger partial charge in [0.25, 0.3) is 0 Å². The average Bonchev–Trinajstić information content (AvgIpc) is 2.31. The first-order valence-corrected chi connectivity index (χ1v) is 6.80. The minimum Gasteiger partial charge on any atom is -0.494 e. The molecule has 0 bridgehead atoms. The van der Waals surface area contributed by atoms with Crippen LogP contribution in [0.15, 0.2) is 23.1 Å². The van der Waals surface area contributed by atoms with E-state index in [0.29, 0.717) is 6.61 Å². The molecular formula is C12H12ClF3O2S. The molecular weight excluding hydrogens is 301 g/mol. The zero-order valence-electron chi connectivity index (χ0n) is 10.1. The van der Waals surface area contributed by atoms with Crippen molar-refractivity contribution in [1.82, 2.24) is 0 Å². The Kier molecular flexibility index (Phi) is 6.00. The van der Waals surface area contributed by atoms with E-state index in [2.05, 4.69) is 0 Å². The van der Waals surface area contributed by atoms with Gasteiger partial charge in [0.05, 0.1) is 12.5 Å². The van der Waals surface area contributed by atoms with Crippen molar-refractivity contribution in [3.63, 3.8) is 0 Å². The molecule has 0 N–H and O–H groups in total. The Balaban J connectivity index is 3.13. The van der Waals surface area contributed by atoms with Gasteiger partial charge in [-0.25, -0.2) is 0 Å². The summed E-state index contributed by atoms with van der Waals surface area (Å²) in [5.74, 6) is -0.301. The summed E-state index contributed by atoms with van der Waals surface area (Å²) >= 11 is 5.14. The Hall–Kier alpha value is -0.880. The zero-order valence-corrected chi connectivity index (χ0v) is 11.7. The third-order valence-corrected chi connectivity index (χ3v) is 3.27. The van der Waals surface area contributed by atoms with Gasteiger partial charge in [0.15, 0.2) is 5.78 Å². The maximum Gasteiger partial charge on any atom is 0.446 e. The van der Waals surface area contributed by atoms with Gasteiger partial charge in [-0.1, -0.05) is 6.07 Å². The van der Waals surface area contributed by atoms with E-state index in [4.69, 9.17) is 16.3 Å². The van der Waals surface area contributed by atoms with Gasteiger partial charge in [-0.2, -0.15) is 13.2 Å². The predicted octanol–water partition coefficient (Wildman–Crippen LogP) is 4.05. The second kappa shape index (κ2) is 7.05. The fourth-order valence-electron chi connectivity index (χ4n) is 1.48. The van der Waals surface area contributed by atoms with Crippen LogP contribution in [0.1, 0.15) is 12.5 Å². The van der Waals surface area contributed by atoms with Crippen LogP contribution in [0.3, 0.4) is 0 Å². The molecule has 2 nitrogen and oxygen atoms in total. The van der Waals surface area contributed by atoms with Crippen LogP contribution in [-0.2, 0) is 11.2 Å². The lowest BCUT2D eigenvalue weighted by molar-refractivity contribution is -0.116. The van der Waals surface area contributed by atoms with Gasteiger partial charge in [0, 0.05) is 16.9 Å². The van der Waals surface area contributed by atoms with E-state index in [-0.39, 0.29) is 46.1 Å². The number of hydrogen-bond donors (Lipinski definition) is 0. The van der Waals surface area contributed by atoms with Crippen molar-refractivity contribution in [1.29, 1.82) is 0 Å². The first-order valence-electron chi connectivity index (χ1n) is 5.45. The molecule has 0 saturated carbocycles. The summed E-state index contributed by atoms with van der Waals surface area (Å²) in [5, 5.41) is 0. The number of thioether (sulfide) groups is 1. The number of carbonyl (C=O) groups is 1. The summed E-state index contributed by atoms with van der Waals surface area (Å²) in [6.45, 7) is 2.03. The summed E-state index contributed by atoms with van der Waals surface area (Å²) in [6, 6.07) is 4.33. The highest BCUT2D eigenvalue weighted by molar-refractivity contribution is 8.00. The third kappa shape index (κ3) is 5.32. The molecule has 1 rings (SSSR count). The third-order valence-electron chi connectivity index (χ3n) is 2.14. The highest BCUT2D eigenvalue weighted by Crippen LogP contribution is 2.41. The molecule has 0 aliphatic carbocycles. The van der Waals surface area contributed by atoms with E-state index in [9.17, 15) is 18.0 Å². The molecule has 0 atom stereocenters. The summed E-state index contributed by atoms with van der Waals surface area (Å²) in [6.07, 6.45) is -0.169. The fourth-order valence-corrected chi connectivity index (χ4v) is 2.26. The van der Waals surface area contributed by atoms with Crippen LogP contribution >= 0.6 is 23.4 Å². The van der Waals surface area contributed by atoms with Crippen LogP contribution in [0.5, 0.6) is 5.75 Å². The fraction of sp³-hybridized carbons (Fsp3) is 0.417. The van der Waals surface area contributed by atoms with Crippen LogP contribution in [-0.4, -0.2) is 23.8 Å². The Labute approximate surface area is 118 Å². The Morgan fingerprint density at radius 1 is 1.42 bits per heavy atom. The van der Waals surface area contributed by atoms with E-state index in [0.717, 1.165) is 0 Å².